The quantitative estimate of drug-likeness (QED) is 0.136. The Kier molecular flexibility index (Phi) is 8.41. The van der Waals surface area contributed by atoms with Gasteiger partial charge in [0.2, 0.25) is 0 Å². The number of aryl methyl sites for hydroxylation is 1. The Balaban J connectivity index is 1.59. The van der Waals surface area contributed by atoms with Crippen molar-refractivity contribution in [3.63, 3.8) is 0 Å². The summed E-state index contributed by atoms with van der Waals surface area (Å²) in [5, 5.41) is 20.1. The summed E-state index contributed by atoms with van der Waals surface area (Å²) in [5.41, 5.74) is 2.71. The number of unbranched alkanes of at least 4 members (excludes halogenated alkanes) is 3. The number of carboxylic acid groups (broad SMARTS) is 1. The van der Waals surface area contributed by atoms with E-state index in [2.05, 4.69) is 35.9 Å². The van der Waals surface area contributed by atoms with E-state index >= 15 is 0 Å². The molecule has 36 heavy (non-hydrogen) atoms. The number of benzene rings is 1. The minimum atomic E-state index is -1.11. The third-order valence-electron chi connectivity index (χ3n) is 5.82. The van der Waals surface area contributed by atoms with Crippen molar-refractivity contribution in [1.82, 2.24) is 9.47 Å². The number of carbonyl (C=O) groups is 2. The minimum Gasteiger partial charge on any atom is -0.480 e. The van der Waals surface area contributed by atoms with Gasteiger partial charge >= 0.3 is 5.97 Å². The number of aliphatic carboxylic acids is 1. The highest BCUT2D eigenvalue weighted by molar-refractivity contribution is 8.26. The van der Waals surface area contributed by atoms with Crippen LogP contribution in [0.5, 0.6) is 0 Å². The predicted molar refractivity (Wildman–Crippen MR) is 151 cm³/mol. The van der Waals surface area contributed by atoms with Gasteiger partial charge < -0.3 is 9.67 Å². The van der Waals surface area contributed by atoms with E-state index in [9.17, 15) is 14.9 Å². The standard InChI is InChI=1S/C27H25N3O3S3/c1-2-3-4-7-12-29-16-19(21-8-5-6-9-22(21)29)13-18(15-28)23-11-10-20(35-23)14-24-26(33)30(17-25(31)32)27(34)36-24/h5-6,8-11,13-14,16H,2-4,7,12,17H2,1H3,(H,31,32)/b18-13+,24-14-. The van der Waals surface area contributed by atoms with Gasteiger partial charge in [0.25, 0.3) is 5.91 Å². The number of carboxylic acids is 1. The van der Waals surface area contributed by atoms with Crippen LogP contribution >= 0.6 is 35.3 Å². The smallest absolute Gasteiger partial charge is 0.323 e. The Hall–Kier alpha value is -3.19. The molecule has 1 saturated heterocycles. The number of amides is 1. The topological polar surface area (TPSA) is 86.3 Å². The van der Waals surface area contributed by atoms with Crippen molar-refractivity contribution in [2.24, 2.45) is 0 Å². The number of thioether (sulfide) groups is 1. The third kappa shape index (κ3) is 5.78. The Bertz CT molecular complexity index is 1420. The van der Waals surface area contributed by atoms with Crippen LogP contribution in [0, 0.1) is 11.3 Å². The van der Waals surface area contributed by atoms with Crippen molar-refractivity contribution in [1.29, 1.82) is 5.26 Å². The van der Waals surface area contributed by atoms with Crippen LogP contribution in [0.4, 0.5) is 0 Å². The maximum Gasteiger partial charge on any atom is 0.323 e. The number of carbonyl (C=O) groups excluding carboxylic acids is 1. The van der Waals surface area contributed by atoms with E-state index in [-0.39, 0.29) is 4.32 Å². The zero-order valence-corrected chi connectivity index (χ0v) is 22.2. The average Bonchev–Trinajstić information content (AvgIpc) is 3.53. The molecule has 3 aromatic rings. The number of fused-ring (bicyclic) bond motifs is 1. The molecule has 1 aliphatic heterocycles. The van der Waals surface area contributed by atoms with Gasteiger partial charge in [-0.1, -0.05) is 68.4 Å². The normalized spacial score (nSPS) is 15.3. The second-order valence-corrected chi connectivity index (χ2v) is 11.2. The first-order valence-corrected chi connectivity index (χ1v) is 13.7. The van der Waals surface area contributed by atoms with Crippen molar-refractivity contribution in [2.45, 2.75) is 39.2 Å². The molecular weight excluding hydrogens is 511 g/mol. The van der Waals surface area contributed by atoms with Crippen LogP contribution in [-0.2, 0) is 16.1 Å². The van der Waals surface area contributed by atoms with Crippen LogP contribution in [0.25, 0.3) is 28.6 Å². The van der Waals surface area contributed by atoms with Crippen molar-refractivity contribution >= 4 is 80.1 Å². The zero-order chi connectivity index (χ0) is 25.7. The van der Waals surface area contributed by atoms with Gasteiger partial charge in [0, 0.05) is 39.0 Å². The lowest BCUT2D eigenvalue weighted by atomic mass is 10.1. The van der Waals surface area contributed by atoms with Gasteiger partial charge in [-0.05, 0) is 36.8 Å². The molecule has 0 spiro atoms. The maximum absolute atomic E-state index is 12.6. The van der Waals surface area contributed by atoms with E-state index in [0.29, 0.717) is 10.5 Å². The summed E-state index contributed by atoms with van der Waals surface area (Å²) in [6.07, 6.45) is 10.5. The van der Waals surface area contributed by atoms with Crippen LogP contribution in [0.2, 0.25) is 0 Å². The third-order valence-corrected chi connectivity index (χ3v) is 8.27. The first-order chi connectivity index (χ1) is 17.4. The second kappa shape index (κ2) is 11.7. The van der Waals surface area contributed by atoms with Crippen LogP contribution in [0.3, 0.4) is 0 Å². The van der Waals surface area contributed by atoms with Crippen molar-refractivity contribution < 1.29 is 14.7 Å². The summed E-state index contributed by atoms with van der Waals surface area (Å²) in [5.74, 6) is -1.53. The first kappa shape index (κ1) is 25.9. The Morgan fingerprint density at radius 2 is 2.00 bits per heavy atom. The molecule has 6 nitrogen and oxygen atoms in total. The van der Waals surface area contributed by atoms with Crippen LogP contribution < -0.4 is 0 Å². The van der Waals surface area contributed by atoms with E-state index in [0.717, 1.165) is 55.8 Å². The van der Waals surface area contributed by atoms with Crippen molar-refractivity contribution in [3.8, 4) is 6.07 Å². The van der Waals surface area contributed by atoms with E-state index in [1.807, 2.05) is 30.3 Å². The molecule has 1 N–H and O–H groups in total. The molecule has 0 radical (unpaired) electrons. The molecule has 1 amide bonds. The number of nitrogens with zero attached hydrogens (tertiary/aromatic N) is 3. The number of aromatic nitrogens is 1. The number of thiophene rings is 1. The first-order valence-electron chi connectivity index (χ1n) is 11.7. The molecule has 1 fully saturated rings. The summed E-state index contributed by atoms with van der Waals surface area (Å²) in [4.78, 5) is 26.6. The Labute approximate surface area is 223 Å². The summed E-state index contributed by atoms with van der Waals surface area (Å²) in [7, 11) is 0. The van der Waals surface area contributed by atoms with Gasteiger partial charge in [-0.15, -0.1) is 11.3 Å². The van der Waals surface area contributed by atoms with Crippen molar-refractivity contribution in [2.75, 3.05) is 6.54 Å². The number of rotatable bonds is 10. The van der Waals surface area contributed by atoms with Gasteiger partial charge in [0.1, 0.15) is 16.9 Å². The number of hydrogen-bond acceptors (Lipinski definition) is 6. The number of nitriles is 1. The number of thiocarbonyl (C=S) groups is 1. The lowest BCUT2D eigenvalue weighted by Crippen LogP contribution is -2.33. The van der Waals surface area contributed by atoms with E-state index in [1.54, 1.807) is 6.08 Å². The second-order valence-electron chi connectivity index (χ2n) is 8.39. The number of hydrogen-bond donors (Lipinski definition) is 1. The molecule has 184 valence electrons. The number of allylic oxidation sites excluding steroid dienone is 1. The monoisotopic (exact) mass is 535 g/mol. The average molecular weight is 536 g/mol. The fourth-order valence-corrected chi connectivity index (χ4v) is 6.31. The Morgan fingerprint density at radius 3 is 2.75 bits per heavy atom. The lowest BCUT2D eigenvalue weighted by Gasteiger charge is -2.09. The molecule has 1 aromatic carbocycles. The molecule has 1 aliphatic rings. The molecule has 2 aromatic heterocycles. The zero-order valence-electron chi connectivity index (χ0n) is 19.8. The summed E-state index contributed by atoms with van der Waals surface area (Å²) in [6, 6.07) is 14.3. The van der Waals surface area contributed by atoms with Crippen LogP contribution in [0.1, 0.15) is 47.9 Å². The highest BCUT2D eigenvalue weighted by atomic mass is 32.2. The molecule has 3 heterocycles. The fraction of sp³-hybridized carbons (Fsp3) is 0.259. The molecule has 4 rings (SSSR count). The molecule has 0 atom stereocenters. The Morgan fingerprint density at radius 1 is 1.19 bits per heavy atom. The van der Waals surface area contributed by atoms with Crippen LogP contribution in [0.15, 0.2) is 47.5 Å². The van der Waals surface area contributed by atoms with Gasteiger partial charge in [-0.3, -0.25) is 14.5 Å². The number of para-hydroxylation sites is 1. The van der Waals surface area contributed by atoms with Gasteiger partial charge in [-0.25, -0.2) is 0 Å². The molecule has 0 aliphatic carbocycles. The van der Waals surface area contributed by atoms with Crippen LogP contribution in [-0.4, -0.2) is 37.3 Å². The van der Waals surface area contributed by atoms with E-state index < -0.39 is 18.4 Å². The summed E-state index contributed by atoms with van der Waals surface area (Å²) < 4.78 is 2.50. The summed E-state index contributed by atoms with van der Waals surface area (Å²) in [6.45, 7) is 2.70. The van der Waals surface area contributed by atoms with Crippen molar-refractivity contribution in [3.05, 3.63) is 62.8 Å². The van der Waals surface area contributed by atoms with Gasteiger partial charge in [-0.2, -0.15) is 5.26 Å². The van der Waals surface area contributed by atoms with Gasteiger partial charge in [0.05, 0.1) is 10.5 Å². The van der Waals surface area contributed by atoms with E-state index in [1.165, 1.54) is 30.6 Å². The highest BCUT2D eigenvalue weighted by Gasteiger charge is 2.33. The molecule has 0 unspecified atom stereocenters. The summed E-state index contributed by atoms with van der Waals surface area (Å²) >= 11 is 7.65. The minimum absolute atomic E-state index is 0.231. The largest absolute Gasteiger partial charge is 0.480 e. The lowest BCUT2D eigenvalue weighted by molar-refractivity contribution is -0.140. The molecular formula is C27H25N3O3S3. The van der Waals surface area contributed by atoms with Gasteiger partial charge in [0.15, 0.2) is 0 Å². The maximum atomic E-state index is 12.6. The predicted octanol–water partition coefficient (Wildman–Crippen LogP) is 6.63. The van der Waals surface area contributed by atoms with E-state index in [4.69, 9.17) is 17.3 Å². The molecule has 0 saturated carbocycles. The highest BCUT2D eigenvalue weighted by Crippen LogP contribution is 2.35. The molecule has 0 bridgehead atoms. The molecule has 9 heteroatoms. The fourth-order valence-electron chi connectivity index (χ4n) is 4.07. The SMILES string of the molecule is CCCCCCn1cc(/C=C(\C#N)c2ccc(/C=C3\SC(=S)N(CC(=O)O)C3=O)s2)c2ccccc21.